The van der Waals surface area contributed by atoms with Gasteiger partial charge in [-0.05, 0) is 56.2 Å². The van der Waals surface area contributed by atoms with Crippen LogP contribution >= 0.6 is 0 Å². The molecule has 0 spiro atoms. The lowest BCUT2D eigenvalue weighted by atomic mass is 9.94. The molecule has 1 aromatic carbocycles. The molecule has 0 heterocycles. The van der Waals surface area contributed by atoms with Crippen molar-refractivity contribution < 1.29 is 0 Å². The minimum atomic E-state index is 0.348. The largest absolute Gasteiger partial charge is 0.329 e. The summed E-state index contributed by atoms with van der Waals surface area (Å²) in [6.45, 7) is 7.60. The van der Waals surface area contributed by atoms with Gasteiger partial charge in [-0.2, -0.15) is 0 Å². The average molecular weight is 274 g/mol. The van der Waals surface area contributed by atoms with E-state index in [1.165, 1.54) is 30.4 Å². The quantitative estimate of drug-likeness (QED) is 0.816. The summed E-state index contributed by atoms with van der Waals surface area (Å²) in [5.41, 5.74) is 9.11. The predicted octanol–water partition coefficient (Wildman–Crippen LogP) is 3.93. The minimum Gasteiger partial charge on any atom is -0.329 e. The van der Waals surface area contributed by atoms with Gasteiger partial charge in [0.2, 0.25) is 0 Å². The number of nitrogens with two attached hydrogens (primary N) is 1. The molecule has 1 aliphatic carbocycles. The van der Waals surface area contributed by atoms with Crippen molar-refractivity contribution in [3.05, 3.63) is 35.4 Å². The van der Waals surface area contributed by atoms with Gasteiger partial charge in [-0.3, -0.25) is 4.90 Å². The lowest BCUT2D eigenvalue weighted by Crippen LogP contribution is -2.38. The van der Waals surface area contributed by atoms with E-state index < -0.39 is 0 Å². The van der Waals surface area contributed by atoms with Gasteiger partial charge in [0.1, 0.15) is 0 Å². The van der Waals surface area contributed by atoms with Gasteiger partial charge in [0.05, 0.1) is 0 Å². The van der Waals surface area contributed by atoms with Crippen molar-refractivity contribution in [2.45, 2.75) is 58.0 Å². The molecule has 0 saturated heterocycles. The van der Waals surface area contributed by atoms with Gasteiger partial charge in [0, 0.05) is 18.6 Å². The third-order valence-electron chi connectivity index (χ3n) is 4.59. The Labute approximate surface area is 124 Å². The van der Waals surface area contributed by atoms with E-state index in [1.54, 1.807) is 0 Å². The highest BCUT2D eigenvalue weighted by molar-refractivity contribution is 5.35. The van der Waals surface area contributed by atoms with Crippen molar-refractivity contribution in [2.75, 3.05) is 13.6 Å². The summed E-state index contributed by atoms with van der Waals surface area (Å²) in [6.07, 6.45) is 3.91. The highest BCUT2D eigenvalue weighted by Gasteiger charge is 2.30. The molecule has 2 nitrogen and oxygen atoms in total. The van der Waals surface area contributed by atoms with Gasteiger partial charge < -0.3 is 5.73 Å². The van der Waals surface area contributed by atoms with E-state index >= 15 is 0 Å². The van der Waals surface area contributed by atoms with Crippen molar-refractivity contribution >= 4 is 0 Å². The second-order valence-corrected chi connectivity index (χ2v) is 6.80. The zero-order valence-electron chi connectivity index (χ0n) is 13.5. The zero-order chi connectivity index (χ0) is 14.7. The Bertz CT molecular complexity index is 423. The maximum atomic E-state index is 6.12. The minimum absolute atomic E-state index is 0.348. The van der Waals surface area contributed by atoms with Gasteiger partial charge >= 0.3 is 0 Å². The molecule has 1 aromatic rings. The van der Waals surface area contributed by atoms with Gasteiger partial charge in [0.15, 0.2) is 0 Å². The number of rotatable bonds is 7. The first-order chi connectivity index (χ1) is 9.54. The van der Waals surface area contributed by atoms with Crippen LogP contribution in [0.15, 0.2) is 24.3 Å². The Hall–Kier alpha value is -0.860. The van der Waals surface area contributed by atoms with Gasteiger partial charge in [-0.15, -0.1) is 0 Å². The highest BCUT2D eigenvalue weighted by Crippen LogP contribution is 2.43. The smallest absolute Gasteiger partial charge is 0.0473 e. The molecule has 1 aliphatic rings. The number of benzene rings is 1. The van der Waals surface area contributed by atoms with Crippen LogP contribution in [0.3, 0.4) is 0 Å². The van der Waals surface area contributed by atoms with Crippen LogP contribution in [0, 0.1) is 5.92 Å². The molecule has 20 heavy (non-hydrogen) atoms. The van der Waals surface area contributed by atoms with E-state index in [0.29, 0.717) is 18.6 Å². The van der Waals surface area contributed by atoms with Crippen molar-refractivity contribution in [1.82, 2.24) is 4.90 Å². The number of hydrogen-bond donors (Lipinski definition) is 1. The van der Waals surface area contributed by atoms with Crippen molar-refractivity contribution in [2.24, 2.45) is 11.7 Å². The van der Waals surface area contributed by atoms with Gasteiger partial charge in [-0.1, -0.05) is 38.1 Å². The topological polar surface area (TPSA) is 29.3 Å². The molecular formula is C18H30N2. The zero-order valence-corrected chi connectivity index (χ0v) is 13.5. The van der Waals surface area contributed by atoms with Crippen LogP contribution in [-0.4, -0.2) is 24.5 Å². The molecule has 2 N–H and O–H groups in total. The fraction of sp³-hybridized carbons (Fsp3) is 0.667. The van der Waals surface area contributed by atoms with Crippen molar-refractivity contribution in [3.8, 4) is 0 Å². The molecule has 0 bridgehead atoms. The molecule has 2 heteroatoms. The van der Waals surface area contributed by atoms with Crippen LogP contribution in [0.25, 0.3) is 0 Å². The van der Waals surface area contributed by atoms with Crippen LogP contribution in [0.2, 0.25) is 0 Å². The Kier molecular flexibility index (Phi) is 5.22. The van der Waals surface area contributed by atoms with Crippen LogP contribution in [-0.2, 0) is 0 Å². The molecule has 0 aliphatic heterocycles. The SMILES string of the molecule is CC(C)CC(C)N(C)C(CN)c1ccccc1C1CC1. The molecule has 112 valence electrons. The summed E-state index contributed by atoms with van der Waals surface area (Å²) in [4.78, 5) is 2.47. The molecule has 0 radical (unpaired) electrons. The normalized spacial score (nSPS) is 18.6. The maximum absolute atomic E-state index is 6.12. The summed E-state index contributed by atoms with van der Waals surface area (Å²) in [5, 5.41) is 0. The summed E-state index contributed by atoms with van der Waals surface area (Å²) >= 11 is 0. The van der Waals surface area contributed by atoms with E-state index in [2.05, 4.69) is 57.0 Å². The summed E-state index contributed by atoms with van der Waals surface area (Å²) in [5.74, 6) is 1.51. The summed E-state index contributed by atoms with van der Waals surface area (Å²) in [6, 6.07) is 9.82. The van der Waals surface area contributed by atoms with Crippen LogP contribution in [0.4, 0.5) is 0 Å². The summed E-state index contributed by atoms with van der Waals surface area (Å²) < 4.78 is 0. The van der Waals surface area contributed by atoms with E-state index in [4.69, 9.17) is 5.73 Å². The van der Waals surface area contributed by atoms with Crippen molar-refractivity contribution in [1.29, 1.82) is 0 Å². The third-order valence-corrected chi connectivity index (χ3v) is 4.59. The monoisotopic (exact) mass is 274 g/mol. The van der Waals surface area contributed by atoms with E-state index in [0.717, 1.165) is 11.8 Å². The van der Waals surface area contributed by atoms with Crippen LogP contribution in [0.1, 0.15) is 63.1 Å². The highest BCUT2D eigenvalue weighted by atomic mass is 15.2. The number of nitrogens with zero attached hydrogens (tertiary/aromatic N) is 1. The molecule has 0 aromatic heterocycles. The van der Waals surface area contributed by atoms with E-state index in [-0.39, 0.29) is 0 Å². The second-order valence-electron chi connectivity index (χ2n) is 6.80. The predicted molar refractivity (Wildman–Crippen MR) is 86.9 cm³/mol. The summed E-state index contributed by atoms with van der Waals surface area (Å²) in [7, 11) is 2.23. The first kappa shape index (κ1) is 15.5. The Morgan fingerprint density at radius 3 is 2.40 bits per heavy atom. The molecule has 1 saturated carbocycles. The molecular weight excluding hydrogens is 244 g/mol. The van der Waals surface area contributed by atoms with E-state index in [9.17, 15) is 0 Å². The van der Waals surface area contributed by atoms with Gasteiger partial charge in [-0.25, -0.2) is 0 Å². The Balaban J connectivity index is 2.19. The Morgan fingerprint density at radius 1 is 1.20 bits per heavy atom. The van der Waals surface area contributed by atoms with Gasteiger partial charge in [0.25, 0.3) is 0 Å². The fourth-order valence-corrected chi connectivity index (χ4v) is 3.25. The Morgan fingerprint density at radius 2 is 1.85 bits per heavy atom. The van der Waals surface area contributed by atoms with Crippen molar-refractivity contribution in [3.63, 3.8) is 0 Å². The number of likely N-dealkylation sites (N-methyl/N-ethyl adjacent to an activating group) is 1. The standard InChI is InChI=1S/C18H30N2/c1-13(2)11-14(3)20(4)18(12-19)17-8-6-5-7-16(17)15-9-10-15/h5-8,13-15,18H,9-12,19H2,1-4H3. The second kappa shape index (κ2) is 6.73. The van der Waals surface area contributed by atoms with Crippen LogP contribution < -0.4 is 5.73 Å². The lowest BCUT2D eigenvalue weighted by Gasteiger charge is -2.34. The first-order valence-corrected chi connectivity index (χ1v) is 8.05. The lowest BCUT2D eigenvalue weighted by molar-refractivity contribution is 0.168. The molecule has 2 unspecified atom stereocenters. The number of hydrogen-bond acceptors (Lipinski definition) is 2. The molecule has 0 amide bonds. The van der Waals surface area contributed by atoms with E-state index in [1.807, 2.05) is 0 Å². The molecule has 2 atom stereocenters. The fourth-order valence-electron chi connectivity index (χ4n) is 3.25. The van der Waals surface area contributed by atoms with Crippen LogP contribution in [0.5, 0.6) is 0 Å². The third kappa shape index (κ3) is 3.62. The maximum Gasteiger partial charge on any atom is 0.0473 e. The average Bonchev–Trinajstić information content (AvgIpc) is 3.23. The molecule has 1 fully saturated rings. The molecule has 2 rings (SSSR count). The first-order valence-electron chi connectivity index (χ1n) is 8.05.